The number of unbranched alkanes of at least 4 members (excludes halogenated alkanes) is 3. The van der Waals surface area contributed by atoms with Crippen molar-refractivity contribution in [2.75, 3.05) is 6.54 Å². The van der Waals surface area contributed by atoms with E-state index in [1.807, 2.05) is 0 Å². The lowest BCUT2D eigenvalue weighted by Gasteiger charge is -2.20. The molecule has 1 aliphatic carbocycles. The van der Waals surface area contributed by atoms with Crippen LogP contribution in [0.3, 0.4) is 0 Å². The highest BCUT2D eigenvalue weighted by molar-refractivity contribution is 4.96. The van der Waals surface area contributed by atoms with E-state index >= 15 is 0 Å². The molecular formula is C12H25N. The summed E-state index contributed by atoms with van der Waals surface area (Å²) in [7, 11) is 0. The van der Waals surface area contributed by atoms with Gasteiger partial charge in [-0.25, -0.2) is 0 Å². The smallest absolute Gasteiger partial charge is 0.00925 e. The van der Waals surface area contributed by atoms with Gasteiger partial charge in [-0.3, -0.25) is 0 Å². The van der Waals surface area contributed by atoms with Crippen molar-refractivity contribution in [2.45, 2.75) is 65.3 Å². The minimum atomic E-state index is 0.644. The first-order valence-corrected chi connectivity index (χ1v) is 5.92. The Morgan fingerprint density at radius 1 is 1.23 bits per heavy atom. The zero-order valence-electron chi connectivity index (χ0n) is 9.53. The maximum atomic E-state index is 3.64. The van der Waals surface area contributed by atoms with Crippen molar-refractivity contribution in [1.29, 1.82) is 0 Å². The van der Waals surface area contributed by atoms with Gasteiger partial charge in [0.1, 0.15) is 0 Å². The highest BCUT2D eigenvalue weighted by Gasteiger charge is 2.41. The van der Waals surface area contributed by atoms with E-state index in [1.165, 1.54) is 45.1 Å². The standard InChI is InChI=1S/C12H25N/c1-4-5-6-7-10-13-11(2)12(3)8-9-12/h11,13H,4-10H2,1-3H3. The van der Waals surface area contributed by atoms with E-state index in [4.69, 9.17) is 0 Å². The largest absolute Gasteiger partial charge is 0.314 e. The van der Waals surface area contributed by atoms with Crippen molar-refractivity contribution in [3.8, 4) is 0 Å². The Bertz CT molecular complexity index is 138. The molecule has 13 heavy (non-hydrogen) atoms. The first-order valence-electron chi connectivity index (χ1n) is 5.92. The van der Waals surface area contributed by atoms with Gasteiger partial charge in [0.25, 0.3) is 0 Å². The van der Waals surface area contributed by atoms with E-state index in [9.17, 15) is 0 Å². The van der Waals surface area contributed by atoms with E-state index in [1.54, 1.807) is 0 Å². The van der Waals surface area contributed by atoms with Gasteiger partial charge in [0.15, 0.2) is 0 Å². The van der Waals surface area contributed by atoms with E-state index in [0.717, 1.165) is 6.04 Å². The number of hydrogen-bond acceptors (Lipinski definition) is 1. The van der Waals surface area contributed by atoms with E-state index in [0.29, 0.717) is 5.41 Å². The summed E-state index contributed by atoms with van der Waals surface area (Å²) in [6, 6.07) is 0.731. The van der Waals surface area contributed by atoms with Gasteiger partial charge >= 0.3 is 0 Å². The maximum absolute atomic E-state index is 3.64. The van der Waals surface area contributed by atoms with Gasteiger partial charge in [0.2, 0.25) is 0 Å². The minimum absolute atomic E-state index is 0.644. The molecule has 1 nitrogen and oxygen atoms in total. The second-order valence-corrected chi connectivity index (χ2v) is 4.89. The summed E-state index contributed by atoms with van der Waals surface area (Å²) < 4.78 is 0. The molecule has 1 heteroatoms. The molecule has 0 radical (unpaired) electrons. The minimum Gasteiger partial charge on any atom is -0.314 e. The van der Waals surface area contributed by atoms with Crippen LogP contribution in [0.15, 0.2) is 0 Å². The topological polar surface area (TPSA) is 12.0 Å². The van der Waals surface area contributed by atoms with Gasteiger partial charge < -0.3 is 5.32 Å². The first kappa shape index (κ1) is 11.0. The molecule has 0 amide bonds. The zero-order chi connectivity index (χ0) is 9.73. The molecule has 0 aromatic carbocycles. The van der Waals surface area contributed by atoms with Gasteiger partial charge in [-0.1, -0.05) is 33.1 Å². The Balaban J connectivity index is 1.93. The molecular weight excluding hydrogens is 158 g/mol. The Morgan fingerprint density at radius 3 is 2.46 bits per heavy atom. The van der Waals surface area contributed by atoms with E-state index in [-0.39, 0.29) is 0 Å². The van der Waals surface area contributed by atoms with E-state index in [2.05, 4.69) is 26.1 Å². The molecule has 0 aromatic heterocycles. The van der Waals surface area contributed by atoms with Crippen LogP contribution in [-0.4, -0.2) is 12.6 Å². The second-order valence-electron chi connectivity index (χ2n) is 4.89. The van der Waals surface area contributed by atoms with Crippen molar-refractivity contribution in [1.82, 2.24) is 5.32 Å². The van der Waals surface area contributed by atoms with Crippen LogP contribution in [-0.2, 0) is 0 Å². The van der Waals surface area contributed by atoms with Gasteiger partial charge in [0.05, 0.1) is 0 Å². The van der Waals surface area contributed by atoms with Crippen molar-refractivity contribution in [3.05, 3.63) is 0 Å². The van der Waals surface area contributed by atoms with Crippen molar-refractivity contribution in [2.24, 2.45) is 5.41 Å². The first-order chi connectivity index (χ1) is 6.19. The predicted octanol–water partition coefficient (Wildman–Crippen LogP) is 3.34. The third-order valence-electron chi connectivity index (χ3n) is 3.56. The lowest BCUT2D eigenvalue weighted by atomic mass is 10.0. The lowest BCUT2D eigenvalue weighted by Crippen LogP contribution is -2.33. The third-order valence-corrected chi connectivity index (χ3v) is 3.56. The molecule has 1 aliphatic rings. The summed E-state index contributed by atoms with van der Waals surface area (Å²) in [5, 5.41) is 3.64. The molecule has 1 rings (SSSR count). The van der Waals surface area contributed by atoms with Gasteiger partial charge in [-0.15, -0.1) is 0 Å². The van der Waals surface area contributed by atoms with Crippen molar-refractivity contribution >= 4 is 0 Å². The number of rotatable bonds is 7. The molecule has 0 heterocycles. The van der Waals surface area contributed by atoms with Crippen LogP contribution in [0.4, 0.5) is 0 Å². The SMILES string of the molecule is CCCCCCNC(C)C1(C)CC1. The highest BCUT2D eigenvalue weighted by atomic mass is 14.9. The predicted molar refractivity (Wildman–Crippen MR) is 58.9 cm³/mol. The normalized spacial score (nSPS) is 21.5. The van der Waals surface area contributed by atoms with Crippen LogP contribution in [0.5, 0.6) is 0 Å². The van der Waals surface area contributed by atoms with Crippen LogP contribution in [0.2, 0.25) is 0 Å². The molecule has 1 fully saturated rings. The van der Waals surface area contributed by atoms with Gasteiger partial charge in [-0.2, -0.15) is 0 Å². The molecule has 1 N–H and O–H groups in total. The zero-order valence-corrected chi connectivity index (χ0v) is 9.53. The molecule has 1 atom stereocenters. The van der Waals surface area contributed by atoms with Crippen LogP contribution >= 0.6 is 0 Å². The Kier molecular flexibility index (Phi) is 4.24. The molecule has 0 saturated heterocycles. The average molecular weight is 183 g/mol. The summed E-state index contributed by atoms with van der Waals surface area (Å²) in [5.74, 6) is 0. The molecule has 0 aromatic rings. The van der Waals surface area contributed by atoms with Crippen LogP contribution in [0.1, 0.15) is 59.3 Å². The Morgan fingerprint density at radius 2 is 1.92 bits per heavy atom. The number of nitrogens with one attached hydrogen (secondary N) is 1. The fourth-order valence-electron chi connectivity index (χ4n) is 1.75. The Labute approximate surface area is 83.3 Å². The molecule has 78 valence electrons. The van der Waals surface area contributed by atoms with Crippen LogP contribution in [0, 0.1) is 5.41 Å². The molecule has 0 bridgehead atoms. The average Bonchev–Trinajstić information content (AvgIpc) is 2.84. The molecule has 1 unspecified atom stereocenters. The van der Waals surface area contributed by atoms with Crippen molar-refractivity contribution in [3.63, 3.8) is 0 Å². The summed E-state index contributed by atoms with van der Waals surface area (Å²) in [6.07, 6.45) is 8.34. The maximum Gasteiger partial charge on any atom is 0.00925 e. The van der Waals surface area contributed by atoms with Crippen molar-refractivity contribution < 1.29 is 0 Å². The lowest BCUT2D eigenvalue weighted by molar-refractivity contribution is 0.377. The number of hydrogen-bond donors (Lipinski definition) is 1. The van der Waals surface area contributed by atoms with Crippen LogP contribution < -0.4 is 5.32 Å². The van der Waals surface area contributed by atoms with Gasteiger partial charge in [-0.05, 0) is 38.1 Å². The van der Waals surface area contributed by atoms with Gasteiger partial charge in [0, 0.05) is 6.04 Å². The quantitative estimate of drug-likeness (QED) is 0.597. The summed E-state index contributed by atoms with van der Waals surface area (Å²) >= 11 is 0. The molecule has 0 aliphatic heterocycles. The summed E-state index contributed by atoms with van der Waals surface area (Å²) in [5.41, 5.74) is 0.644. The summed E-state index contributed by atoms with van der Waals surface area (Å²) in [6.45, 7) is 8.22. The monoisotopic (exact) mass is 183 g/mol. The van der Waals surface area contributed by atoms with E-state index < -0.39 is 0 Å². The fraction of sp³-hybridized carbons (Fsp3) is 1.00. The highest BCUT2D eigenvalue weighted by Crippen LogP contribution is 2.47. The Hall–Kier alpha value is -0.0400. The molecule has 1 saturated carbocycles. The summed E-state index contributed by atoms with van der Waals surface area (Å²) in [4.78, 5) is 0. The third kappa shape index (κ3) is 3.68. The fourth-order valence-corrected chi connectivity index (χ4v) is 1.75. The molecule has 0 spiro atoms. The second kappa shape index (κ2) is 4.99. The van der Waals surface area contributed by atoms with Crippen LogP contribution in [0.25, 0.3) is 0 Å².